The molecule has 0 atom stereocenters. The first kappa shape index (κ1) is 3.96. The molecule has 10 heavy (non-hydrogen) atoms. The fourth-order valence-electron chi connectivity index (χ4n) is 0.603. The van der Waals surface area contributed by atoms with Crippen molar-refractivity contribution in [2.24, 2.45) is 0 Å². The molecule has 0 aliphatic heterocycles. The van der Waals surface area contributed by atoms with Gasteiger partial charge in [-0.25, -0.2) is 0 Å². The molecule has 0 saturated heterocycles. The highest BCUT2D eigenvalue weighted by molar-refractivity contribution is 5.16. The second kappa shape index (κ2) is 3.88. The third kappa shape index (κ3) is 2.05. The Morgan fingerprint density at radius 1 is 1.60 bits per heavy atom. The summed E-state index contributed by atoms with van der Waals surface area (Å²) in [6.07, 6.45) is 3.27. The number of rotatable bonds is 3. The van der Waals surface area contributed by atoms with Crippen molar-refractivity contribution in [3.05, 3.63) is 24.5 Å². The minimum atomic E-state index is -1.91. The van der Waals surface area contributed by atoms with Crippen molar-refractivity contribution in [3.63, 3.8) is 0 Å². The van der Waals surface area contributed by atoms with E-state index in [1.54, 1.807) is 24.5 Å². The summed E-state index contributed by atoms with van der Waals surface area (Å²) < 4.78 is 26.0. The highest BCUT2D eigenvalue weighted by atomic mass is 16.5. The number of hydrogen-bond donors (Lipinski definition) is 0. The average Bonchev–Trinajstić information content (AvgIpc) is 2.04. The maximum atomic E-state index is 6.94. The van der Waals surface area contributed by atoms with Crippen LogP contribution in [0.4, 0.5) is 0 Å². The van der Waals surface area contributed by atoms with E-state index in [0.717, 1.165) is 0 Å². The summed E-state index contributed by atoms with van der Waals surface area (Å²) in [5.74, 6) is 0.652. The predicted octanol–water partition coefficient (Wildman–Crippen LogP) is 1.87. The Hall–Kier alpha value is -1.05. The molecule has 2 nitrogen and oxygen atoms in total. The van der Waals surface area contributed by atoms with Crippen LogP contribution >= 0.6 is 0 Å². The average molecular weight is 140 g/mol. The standard InChI is InChI=1S/C8H11NO/c1-2-7-10-8-3-5-9-6-4-8/h3-6H,2,7H2,1H3/i1D3. The van der Waals surface area contributed by atoms with Gasteiger partial charge in [-0.3, -0.25) is 4.98 Å². The highest BCUT2D eigenvalue weighted by Crippen LogP contribution is 2.06. The maximum Gasteiger partial charge on any atom is 0.122 e. The SMILES string of the molecule is [2H]C([2H])([2H])CCOc1ccncc1. The molecule has 1 heterocycles. The van der Waals surface area contributed by atoms with Crippen LogP contribution in [-0.4, -0.2) is 11.6 Å². The van der Waals surface area contributed by atoms with Crippen LogP contribution < -0.4 is 4.74 Å². The normalized spacial score (nSPS) is 15.0. The molecular formula is C8H11NO. The summed E-state index contributed by atoms with van der Waals surface area (Å²) >= 11 is 0. The lowest BCUT2D eigenvalue weighted by atomic mass is 10.4. The minimum Gasteiger partial charge on any atom is -0.493 e. The summed E-state index contributed by atoms with van der Waals surface area (Å²) in [4.78, 5) is 3.81. The van der Waals surface area contributed by atoms with Crippen molar-refractivity contribution >= 4 is 0 Å². The van der Waals surface area contributed by atoms with E-state index in [0.29, 0.717) is 5.75 Å². The third-order valence-corrected chi connectivity index (χ3v) is 1.02. The Kier molecular flexibility index (Phi) is 1.54. The Morgan fingerprint density at radius 2 is 2.40 bits per heavy atom. The molecule has 1 aromatic heterocycles. The largest absolute Gasteiger partial charge is 0.493 e. The van der Waals surface area contributed by atoms with Crippen LogP contribution in [0.25, 0.3) is 0 Å². The molecule has 0 aliphatic carbocycles. The number of ether oxygens (including phenoxy) is 1. The van der Waals surface area contributed by atoms with Gasteiger partial charge in [-0.05, 0) is 18.6 Å². The number of hydrogen-bond acceptors (Lipinski definition) is 2. The Balaban J connectivity index is 2.29. The van der Waals surface area contributed by atoms with Gasteiger partial charge < -0.3 is 4.74 Å². The van der Waals surface area contributed by atoms with Crippen LogP contribution in [0.1, 0.15) is 17.4 Å². The van der Waals surface area contributed by atoms with Gasteiger partial charge in [0.1, 0.15) is 5.75 Å². The predicted molar refractivity (Wildman–Crippen MR) is 40.0 cm³/mol. The van der Waals surface area contributed by atoms with Crippen molar-refractivity contribution in [1.82, 2.24) is 4.98 Å². The number of aromatic nitrogens is 1. The molecule has 0 radical (unpaired) electrons. The minimum absolute atomic E-state index is 0.0648. The topological polar surface area (TPSA) is 22.1 Å². The first-order chi connectivity index (χ1) is 6.08. The van der Waals surface area contributed by atoms with Crippen LogP contribution in [0.15, 0.2) is 24.5 Å². The summed E-state index contributed by atoms with van der Waals surface area (Å²) in [6, 6.07) is 3.39. The van der Waals surface area contributed by atoms with Crippen molar-refractivity contribution in [3.8, 4) is 5.75 Å². The molecule has 1 rings (SSSR count). The van der Waals surface area contributed by atoms with Gasteiger partial charge in [0, 0.05) is 16.5 Å². The van der Waals surface area contributed by atoms with Gasteiger partial charge in [0.15, 0.2) is 0 Å². The van der Waals surface area contributed by atoms with E-state index < -0.39 is 6.85 Å². The molecular weight excluding hydrogens is 126 g/mol. The first-order valence-corrected chi connectivity index (χ1v) is 3.11. The Labute approximate surface area is 65.1 Å². The van der Waals surface area contributed by atoms with Gasteiger partial charge in [0.05, 0.1) is 6.61 Å². The fourth-order valence-corrected chi connectivity index (χ4v) is 0.603. The zero-order valence-electron chi connectivity index (χ0n) is 8.58. The number of nitrogens with zero attached hydrogens (tertiary/aromatic N) is 1. The Morgan fingerprint density at radius 3 is 3.10 bits per heavy atom. The lowest BCUT2D eigenvalue weighted by molar-refractivity contribution is 0.317. The van der Waals surface area contributed by atoms with Gasteiger partial charge in [-0.2, -0.15) is 0 Å². The van der Waals surface area contributed by atoms with Crippen LogP contribution in [-0.2, 0) is 0 Å². The summed E-state index contributed by atoms with van der Waals surface area (Å²) in [5.41, 5.74) is 0. The molecule has 0 fully saturated rings. The van der Waals surface area contributed by atoms with Crippen LogP contribution in [0.3, 0.4) is 0 Å². The van der Waals surface area contributed by atoms with E-state index in [1.165, 1.54) is 0 Å². The van der Waals surface area contributed by atoms with E-state index in [9.17, 15) is 0 Å². The highest BCUT2D eigenvalue weighted by Gasteiger charge is 1.87. The smallest absolute Gasteiger partial charge is 0.122 e. The number of pyridine rings is 1. The van der Waals surface area contributed by atoms with E-state index in [1.807, 2.05) is 0 Å². The van der Waals surface area contributed by atoms with Crippen molar-refractivity contribution in [2.75, 3.05) is 6.61 Å². The molecule has 0 bridgehead atoms. The van der Waals surface area contributed by atoms with E-state index in [2.05, 4.69) is 4.98 Å². The quantitative estimate of drug-likeness (QED) is 0.639. The second-order valence-corrected chi connectivity index (χ2v) is 1.78. The molecule has 0 saturated carbocycles. The molecule has 0 amide bonds. The molecule has 54 valence electrons. The Bertz CT molecular complexity index is 247. The third-order valence-electron chi connectivity index (χ3n) is 1.02. The monoisotopic (exact) mass is 140 g/mol. The van der Waals surface area contributed by atoms with Crippen LogP contribution in [0.5, 0.6) is 5.75 Å². The fraction of sp³-hybridized carbons (Fsp3) is 0.375. The van der Waals surface area contributed by atoms with Crippen molar-refractivity contribution < 1.29 is 8.85 Å². The van der Waals surface area contributed by atoms with Gasteiger partial charge in [0.2, 0.25) is 0 Å². The lowest BCUT2D eigenvalue weighted by Gasteiger charge is -2.01. The molecule has 0 N–H and O–H groups in total. The second-order valence-electron chi connectivity index (χ2n) is 1.78. The van der Waals surface area contributed by atoms with Gasteiger partial charge in [-0.1, -0.05) is 6.85 Å². The molecule has 2 heteroatoms. The van der Waals surface area contributed by atoms with Crippen molar-refractivity contribution in [2.45, 2.75) is 13.3 Å². The van der Waals surface area contributed by atoms with E-state index in [-0.39, 0.29) is 13.0 Å². The zero-order chi connectivity index (χ0) is 9.73. The first-order valence-electron chi connectivity index (χ1n) is 4.61. The zero-order valence-corrected chi connectivity index (χ0v) is 5.58. The van der Waals surface area contributed by atoms with Crippen LogP contribution in [0.2, 0.25) is 0 Å². The summed E-state index contributed by atoms with van der Waals surface area (Å²) in [7, 11) is 0. The molecule has 0 aromatic carbocycles. The van der Waals surface area contributed by atoms with Gasteiger partial charge in [0.25, 0.3) is 0 Å². The molecule has 1 aromatic rings. The molecule has 0 unspecified atom stereocenters. The maximum absolute atomic E-state index is 6.94. The van der Waals surface area contributed by atoms with Gasteiger partial charge in [-0.15, -0.1) is 0 Å². The molecule has 0 aliphatic rings. The van der Waals surface area contributed by atoms with Crippen molar-refractivity contribution in [1.29, 1.82) is 0 Å². The lowest BCUT2D eigenvalue weighted by Crippen LogP contribution is -1.94. The summed E-state index contributed by atoms with van der Waals surface area (Å²) in [6.45, 7) is -1.70. The van der Waals surface area contributed by atoms with E-state index >= 15 is 0 Å². The van der Waals surface area contributed by atoms with Gasteiger partial charge >= 0.3 is 0 Å². The molecule has 0 spiro atoms. The summed E-state index contributed by atoms with van der Waals surface area (Å²) in [5, 5.41) is 0. The van der Waals surface area contributed by atoms with E-state index in [4.69, 9.17) is 8.85 Å². The van der Waals surface area contributed by atoms with Crippen LogP contribution in [0, 0.1) is 0 Å².